The van der Waals surface area contributed by atoms with E-state index >= 15 is 0 Å². The van der Waals surface area contributed by atoms with Crippen molar-refractivity contribution in [2.24, 2.45) is 0 Å². The van der Waals surface area contributed by atoms with Gasteiger partial charge in [-0.15, -0.1) is 0 Å². The summed E-state index contributed by atoms with van der Waals surface area (Å²) in [5.41, 5.74) is 0.910. The molecular formula is C16H17F2NO. The van der Waals surface area contributed by atoms with Gasteiger partial charge < -0.3 is 10.1 Å². The van der Waals surface area contributed by atoms with Crippen molar-refractivity contribution in [3.05, 3.63) is 65.7 Å². The molecule has 0 heterocycles. The molecule has 0 saturated carbocycles. The van der Waals surface area contributed by atoms with Crippen LogP contribution in [0.3, 0.4) is 0 Å². The molecule has 0 aliphatic carbocycles. The highest BCUT2D eigenvalue weighted by Crippen LogP contribution is 2.19. The summed E-state index contributed by atoms with van der Waals surface area (Å²) in [7, 11) is 0. The second-order valence-electron chi connectivity index (χ2n) is 4.38. The average molecular weight is 277 g/mol. The standard InChI is InChI=1S/C16H17F2NO/c17-16(18)14-6-4-5-13(11-14)12-19-9-10-20-15-7-2-1-3-8-15/h1-8,11,16,19H,9-10,12H2. The van der Waals surface area contributed by atoms with Crippen molar-refractivity contribution in [3.63, 3.8) is 0 Å². The van der Waals surface area contributed by atoms with Gasteiger partial charge in [0.25, 0.3) is 6.43 Å². The monoisotopic (exact) mass is 277 g/mol. The van der Waals surface area contributed by atoms with Crippen LogP contribution in [0.5, 0.6) is 5.75 Å². The first-order valence-electron chi connectivity index (χ1n) is 6.51. The molecule has 0 aliphatic heterocycles. The highest BCUT2D eigenvalue weighted by Gasteiger charge is 2.06. The van der Waals surface area contributed by atoms with E-state index < -0.39 is 6.43 Å². The predicted molar refractivity (Wildman–Crippen MR) is 75.0 cm³/mol. The summed E-state index contributed by atoms with van der Waals surface area (Å²) in [6.45, 7) is 1.76. The Balaban J connectivity index is 1.69. The van der Waals surface area contributed by atoms with Crippen molar-refractivity contribution in [1.82, 2.24) is 5.32 Å². The fourth-order valence-corrected chi connectivity index (χ4v) is 1.83. The molecule has 0 spiro atoms. The number of hydrogen-bond acceptors (Lipinski definition) is 2. The molecule has 2 aromatic rings. The lowest BCUT2D eigenvalue weighted by Gasteiger charge is -2.08. The van der Waals surface area contributed by atoms with Gasteiger partial charge in [0.15, 0.2) is 0 Å². The van der Waals surface area contributed by atoms with E-state index in [-0.39, 0.29) is 5.56 Å². The first-order chi connectivity index (χ1) is 9.75. The largest absolute Gasteiger partial charge is 0.492 e. The Kier molecular flexibility index (Phi) is 5.50. The van der Waals surface area contributed by atoms with Crippen LogP contribution in [-0.4, -0.2) is 13.2 Å². The van der Waals surface area contributed by atoms with E-state index in [0.29, 0.717) is 19.7 Å². The first-order valence-corrected chi connectivity index (χ1v) is 6.51. The zero-order chi connectivity index (χ0) is 14.2. The summed E-state index contributed by atoms with van der Waals surface area (Å²) in [6.07, 6.45) is -2.42. The second-order valence-corrected chi connectivity index (χ2v) is 4.38. The lowest BCUT2D eigenvalue weighted by atomic mass is 10.1. The Morgan fingerprint density at radius 3 is 2.55 bits per heavy atom. The molecule has 106 valence electrons. The number of nitrogens with one attached hydrogen (secondary N) is 1. The van der Waals surface area contributed by atoms with Crippen LogP contribution in [0.15, 0.2) is 54.6 Å². The highest BCUT2D eigenvalue weighted by atomic mass is 19.3. The number of hydrogen-bond donors (Lipinski definition) is 1. The Morgan fingerprint density at radius 2 is 1.80 bits per heavy atom. The molecule has 1 N–H and O–H groups in total. The van der Waals surface area contributed by atoms with Crippen molar-refractivity contribution in [2.75, 3.05) is 13.2 Å². The van der Waals surface area contributed by atoms with Crippen LogP contribution < -0.4 is 10.1 Å². The van der Waals surface area contributed by atoms with Crippen molar-refractivity contribution in [2.45, 2.75) is 13.0 Å². The molecule has 2 rings (SSSR count). The smallest absolute Gasteiger partial charge is 0.263 e. The number of alkyl halides is 2. The third kappa shape index (κ3) is 4.63. The van der Waals surface area contributed by atoms with E-state index in [2.05, 4.69) is 5.32 Å². The molecule has 0 saturated heterocycles. The van der Waals surface area contributed by atoms with Crippen LogP contribution in [-0.2, 0) is 6.54 Å². The minimum Gasteiger partial charge on any atom is -0.492 e. The van der Waals surface area contributed by atoms with Gasteiger partial charge in [-0.1, -0.05) is 36.4 Å². The van der Waals surface area contributed by atoms with E-state index in [4.69, 9.17) is 4.74 Å². The summed E-state index contributed by atoms with van der Waals surface area (Å²) in [4.78, 5) is 0. The van der Waals surface area contributed by atoms with Crippen molar-refractivity contribution in [1.29, 1.82) is 0 Å². The van der Waals surface area contributed by atoms with Gasteiger partial charge in [-0.25, -0.2) is 8.78 Å². The van der Waals surface area contributed by atoms with Crippen LogP contribution in [0, 0.1) is 0 Å². The van der Waals surface area contributed by atoms with Crippen molar-refractivity contribution < 1.29 is 13.5 Å². The molecule has 0 fully saturated rings. The summed E-state index contributed by atoms with van der Waals surface area (Å²) in [5.74, 6) is 0.828. The second kappa shape index (κ2) is 7.60. The molecule has 2 nitrogen and oxygen atoms in total. The Bertz CT molecular complexity index is 517. The van der Waals surface area contributed by atoms with Gasteiger partial charge >= 0.3 is 0 Å². The molecule has 2 aromatic carbocycles. The van der Waals surface area contributed by atoms with Gasteiger partial charge in [0, 0.05) is 18.7 Å². The van der Waals surface area contributed by atoms with Crippen LogP contribution in [0.2, 0.25) is 0 Å². The Morgan fingerprint density at radius 1 is 1.00 bits per heavy atom. The van der Waals surface area contributed by atoms with Gasteiger partial charge in [0.05, 0.1) is 0 Å². The van der Waals surface area contributed by atoms with Gasteiger partial charge in [-0.3, -0.25) is 0 Å². The molecule has 0 unspecified atom stereocenters. The first kappa shape index (κ1) is 14.5. The van der Waals surface area contributed by atoms with E-state index in [9.17, 15) is 8.78 Å². The maximum absolute atomic E-state index is 12.5. The van der Waals surface area contributed by atoms with E-state index in [1.165, 1.54) is 12.1 Å². The molecule has 4 heteroatoms. The normalized spacial score (nSPS) is 10.8. The molecular weight excluding hydrogens is 260 g/mol. The Hall–Kier alpha value is -1.94. The zero-order valence-corrected chi connectivity index (χ0v) is 11.1. The average Bonchev–Trinajstić information content (AvgIpc) is 2.48. The van der Waals surface area contributed by atoms with Crippen LogP contribution >= 0.6 is 0 Å². The van der Waals surface area contributed by atoms with Crippen molar-refractivity contribution in [3.8, 4) is 5.75 Å². The lowest BCUT2D eigenvalue weighted by molar-refractivity contribution is 0.151. The van der Waals surface area contributed by atoms with E-state index in [0.717, 1.165) is 11.3 Å². The number of para-hydroxylation sites is 1. The summed E-state index contributed by atoms with van der Waals surface area (Å²) >= 11 is 0. The highest BCUT2D eigenvalue weighted by molar-refractivity contribution is 5.24. The third-order valence-corrected chi connectivity index (χ3v) is 2.82. The quantitative estimate of drug-likeness (QED) is 0.777. The fourth-order valence-electron chi connectivity index (χ4n) is 1.83. The van der Waals surface area contributed by atoms with Crippen LogP contribution in [0.1, 0.15) is 17.6 Å². The van der Waals surface area contributed by atoms with Crippen molar-refractivity contribution >= 4 is 0 Å². The van der Waals surface area contributed by atoms with Gasteiger partial charge in [0.2, 0.25) is 0 Å². The summed E-state index contributed by atoms with van der Waals surface area (Å²) in [6, 6.07) is 16.0. The zero-order valence-electron chi connectivity index (χ0n) is 11.1. The van der Waals surface area contributed by atoms with E-state index in [1.54, 1.807) is 6.07 Å². The number of ether oxygens (including phenoxy) is 1. The molecule has 20 heavy (non-hydrogen) atoms. The fraction of sp³-hybridized carbons (Fsp3) is 0.250. The molecule has 0 aliphatic rings. The summed E-state index contributed by atoms with van der Waals surface area (Å²) < 4.78 is 30.6. The SMILES string of the molecule is FC(F)c1cccc(CNCCOc2ccccc2)c1. The maximum Gasteiger partial charge on any atom is 0.263 e. The van der Waals surface area contributed by atoms with Crippen LogP contribution in [0.4, 0.5) is 8.78 Å². The molecule has 0 bridgehead atoms. The number of halogens is 2. The minimum atomic E-state index is -2.42. The summed E-state index contributed by atoms with van der Waals surface area (Å²) in [5, 5.41) is 3.17. The molecule has 0 atom stereocenters. The molecule has 0 aromatic heterocycles. The van der Waals surface area contributed by atoms with Gasteiger partial charge in [-0.2, -0.15) is 0 Å². The topological polar surface area (TPSA) is 21.3 Å². The maximum atomic E-state index is 12.5. The third-order valence-electron chi connectivity index (χ3n) is 2.82. The van der Waals surface area contributed by atoms with Gasteiger partial charge in [-0.05, 0) is 23.8 Å². The van der Waals surface area contributed by atoms with Crippen LogP contribution in [0.25, 0.3) is 0 Å². The molecule has 0 amide bonds. The van der Waals surface area contributed by atoms with Gasteiger partial charge in [0.1, 0.15) is 12.4 Å². The lowest BCUT2D eigenvalue weighted by Crippen LogP contribution is -2.20. The number of benzene rings is 2. The predicted octanol–water partition coefficient (Wildman–Crippen LogP) is 3.79. The Labute approximate surface area is 117 Å². The molecule has 0 radical (unpaired) electrons. The van der Waals surface area contributed by atoms with E-state index in [1.807, 2.05) is 36.4 Å². The number of rotatable bonds is 7. The minimum absolute atomic E-state index is 0.0600.